The minimum absolute atomic E-state index is 0.0114. The fourth-order valence-corrected chi connectivity index (χ4v) is 5.64. The number of aryl methyl sites for hydroxylation is 1. The van der Waals surface area contributed by atoms with E-state index in [9.17, 15) is 4.79 Å². The van der Waals surface area contributed by atoms with Crippen LogP contribution in [-0.2, 0) is 11.3 Å². The zero-order valence-electron chi connectivity index (χ0n) is 19.3. The Balaban J connectivity index is 1.46. The molecule has 1 saturated heterocycles. The van der Waals surface area contributed by atoms with Gasteiger partial charge in [-0.2, -0.15) is 19.7 Å². The minimum Gasteiger partial charge on any atom is -0.496 e. The van der Waals surface area contributed by atoms with Crippen molar-refractivity contribution in [2.24, 2.45) is 20.3 Å². The molecule has 1 fully saturated rings. The molecule has 10 nitrogen and oxygen atoms in total. The van der Waals surface area contributed by atoms with E-state index in [4.69, 9.17) is 20.7 Å². The summed E-state index contributed by atoms with van der Waals surface area (Å²) in [6.07, 6.45) is 3.29. The average Bonchev–Trinajstić information content (AvgIpc) is 3.23. The maximum absolute atomic E-state index is 12.5. The number of carbonyl (C=O) groups excluding carboxylic acids is 1. The summed E-state index contributed by atoms with van der Waals surface area (Å²) >= 11 is 1.41. The van der Waals surface area contributed by atoms with E-state index >= 15 is 0 Å². The number of amidine groups is 1. The lowest BCUT2D eigenvalue weighted by molar-refractivity contribution is -0.128. The standard InChI is InChI=1S/C22H28N8O2S/c1-11-8-24-17(12(2)20(11)32-4)9-30-26-16-7-15(25-14-5-6-29(3)22(14)31)13-10-33-28-21(23)19(27-30)18(13)16/h8,14-15,25H,5-7,9-10H2,1-4H3,(H2,23,28)/t14-,15?/m1/s1. The van der Waals surface area contributed by atoms with Gasteiger partial charge < -0.3 is 15.4 Å². The van der Waals surface area contributed by atoms with Crippen LogP contribution in [0, 0.1) is 13.8 Å². The summed E-state index contributed by atoms with van der Waals surface area (Å²) in [6, 6.07) is -0.166. The van der Waals surface area contributed by atoms with Crippen LogP contribution in [0.5, 0.6) is 5.75 Å². The third-order valence-corrected chi connectivity index (χ3v) is 7.38. The smallest absolute Gasteiger partial charge is 0.239 e. The lowest BCUT2D eigenvalue weighted by Gasteiger charge is -2.23. The van der Waals surface area contributed by atoms with Crippen molar-refractivity contribution in [3.05, 3.63) is 34.2 Å². The van der Waals surface area contributed by atoms with E-state index in [1.165, 1.54) is 11.9 Å². The van der Waals surface area contributed by atoms with Crippen molar-refractivity contribution in [2.75, 3.05) is 26.5 Å². The summed E-state index contributed by atoms with van der Waals surface area (Å²) < 4.78 is 9.99. The minimum atomic E-state index is -0.177. The third kappa shape index (κ3) is 3.78. The number of likely N-dealkylation sites (N-methyl/N-ethyl adjacent to an activating group) is 1. The van der Waals surface area contributed by atoms with E-state index in [0.717, 1.165) is 52.4 Å². The number of likely N-dealkylation sites (tertiary alicyclic amines) is 1. The highest BCUT2D eigenvalue weighted by Gasteiger charge is 2.41. The zero-order chi connectivity index (χ0) is 23.3. The summed E-state index contributed by atoms with van der Waals surface area (Å²) in [7, 11) is 3.51. The van der Waals surface area contributed by atoms with Gasteiger partial charge in [0, 0.05) is 54.7 Å². The molecule has 1 aliphatic carbocycles. The van der Waals surface area contributed by atoms with Gasteiger partial charge in [0.1, 0.15) is 18.0 Å². The lowest BCUT2D eigenvalue weighted by Crippen LogP contribution is -2.43. The van der Waals surface area contributed by atoms with Gasteiger partial charge in [-0.05, 0) is 37.8 Å². The largest absolute Gasteiger partial charge is 0.496 e. The van der Waals surface area contributed by atoms with E-state index < -0.39 is 0 Å². The topological polar surface area (TPSA) is 121 Å². The summed E-state index contributed by atoms with van der Waals surface area (Å²) in [5.41, 5.74) is 12.8. The Labute approximate surface area is 197 Å². The van der Waals surface area contributed by atoms with Crippen molar-refractivity contribution in [3.8, 4) is 5.75 Å². The molecule has 5 rings (SSSR count). The number of hydrogen-bond acceptors (Lipinski definition) is 10. The average molecular weight is 469 g/mol. The van der Waals surface area contributed by atoms with Gasteiger partial charge in [0.2, 0.25) is 5.91 Å². The van der Waals surface area contributed by atoms with Crippen LogP contribution in [0.15, 0.2) is 31.9 Å². The van der Waals surface area contributed by atoms with Crippen molar-refractivity contribution >= 4 is 35.1 Å². The van der Waals surface area contributed by atoms with Gasteiger partial charge in [-0.15, -0.1) is 0 Å². The molecule has 0 aromatic carbocycles. The molecular weight excluding hydrogens is 440 g/mol. The summed E-state index contributed by atoms with van der Waals surface area (Å²) in [5, 5.41) is 14.8. The van der Waals surface area contributed by atoms with Crippen molar-refractivity contribution in [1.82, 2.24) is 20.3 Å². The number of methoxy groups -OCH3 is 1. The van der Waals surface area contributed by atoms with E-state index in [1.54, 1.807) is 23.3 Å². The number of aromatic nitrogens is 1. The molecule has 1 unspecified atom stereocenters. The normalized spacial score (nSPS) is 24.5. The van der Waals surface area contributed by atoms with Gasteiger partial charge in [-0.3, -0.25) is 15.1 Å². The predicted octanol–water partition coefficient (Wildman–Crippen LogP) is 1.14. The molecule has 1 aromatic rings. The van der Waals surface area contributed by atoms with E-state index in [2.05, 4.69) is 14.7 Å². The van der Waals surface area contributed by atoms with Crippen molar-refractivity contribution in [1.29, 1.82) is 0 Å². The highest BCUT2D eigenvalue weighted by Crippen LogP contribution is 2.35. The summed E-state index contributed by atoms with van der Waals surface area (Å²) in [5.74, 6) is 2.05. The van der Waals surface area contributed by atoms with Gasteiger partial charge in [-0.25, -0.2) is 0 Å². The highest BCUT2D eigenvalue weighted by molar-refractivity contribution is 7.98. The molecule has 11 heteroatoms. The number of ether oxygens (including phenoxy) is 1. The Morgan fingerprint density at radius 2 is 2.12 bits per heavy atom. The van der Waals surface area contributed by atoms with E-state index in [-0.39, 0.29) is 18.0 Å². The first-order valence-corrected chi connectivity index (χ1v) is 11.9. The first kappa shape index (κ1) is 21.9. The Morgan fingerprint density at radius 3 is 2.85 bits per heavy atom. The number of hydrogen-bond donors (Lipinski definition) is 2. The molecule has 2 atom stereocenters. The van der Waals surface area contributed by atoms with Crippen LogP contribution in [0.2, 0.25) is 0 Å². The number of pyridine rings is 1. The molecule has 0 spiro atoms. The number of nitrogens with two attached hydrogens (primary N) is 1. The van der Waals surface area contributed by atoms with Gasteiger partial charge in [0.25, 0.3) is 0 Å². The van der Waals surface area contributed by atoms with Gasteiger partial charge in [0.05, 0.1) is 24.6 Å². The van der Waals surface area contributed by atoms with Crippen molar-refractivity contribution in [2.45, 2.75) is 45.3 Å². The van der Waals surface area contributed by atoms with Gasteiger partial charge >= 0.3 is 0 Å². The monoisotopic (exact) mass is 468 g/mol. The molecule has 0 bridgehead atoms. The van der Waals surface area contributed by atoms with Crippen LogP contribution in [0.1, 0.15) is 29.7 Å². The van der Waals surface area contributed by atoms with Crippen LogP contribution in [0.3, 0.4) is 0 Å². The van der Waals surface area contributed by atoms with E-state index in [1.807, 2.05) is 20.9 Å². The first-order chi connectivity index (χ1) is 15.9. The summed E-state index contributed by atoms with van der Waals surface area (Å²) in [4.78, 5) is 18.8. The molecule has 3 N–H and O–H groups in total. The lowest BCUT2D eigenvalue weighted by atomic mass is 10.0. The quantitative estimate of drug-likeness (QED) is 0.622. The zero-order valence-corrected chi connectivity index (χ0v) is 20.1. The van der Waals surface area contributed by atoms with Gasteiger partial charge in [-0.1, -0.05) is 0 Å². The number of amides is 1. The maximum Gasteiger partial charge on any atom is 0.239 e. The Bertz CT molecular complexity index is 1140. The second-order valence-corrected chi connectivity index (χ2v) is 9.48. The molecule has 3 aliphatic heterocycles. The number of nitrogens with zero attached hydrogens (tertiary/aromatic N) is 6. The van der Waals surface area contributed by atoms with Crippen molar-refractivity contribution < 1.29 is 9.53 Å². The fourth-order valence-electron chi connectivity index (χ4n) is 4.87. The Morgan fingerprint density at radius 1 is 1.30 bits per heavy atom. The number of nitrogens with one attached hydrogen (secondary N) is 1. The molecule has 1 aromatic heterocycles. The molecule has 4 aliphatic rings. The highest BCUT2D eigenvalue weighted by atomic mass is 32.2. The number of rotatable bonds is 5. The molecule has 174 valence electrons. The molecule has 4 heterocycles. The molecule has 0 radical (unpaired) electrons. The van der Waals surface area contributed by atoms with Crippen LogP contribution in [0.4, 0.5) is 0 Å². The second-order valence-electron chi connectivity index (χ2n) is 8.75. The van der Waals surface area contributed by atoms with Gasteiger partial charge in [0.15, 0.2) is 5.84 Å². The number of hydrazone groups is 2. The van der Waals surface area contributed by atoms with E-state index in [0.29, 0.717) is 30.3 Å². The van der Waals surface area contributed by atoms with Crippen LogP contribution in [-0.4, -0.2) is 76.7 Å². The van der Waals surface area contributed by atoms with Crippen molar-refractivity contribution in [3.63, 3.8) is 0 Å². The molecular formula is C22H28N8O2S. The third-order valence-electron chi connectivity index (χ3n) is 6.61. The maximum atomic E-state index is 12.5. The first-order valence-electron chi connectivity index (χ1n) is 11.0. The van der Waals surface area contributed by atoms with Crippen LogP contribution < -0.4 is 15.8 Å². The molecule has 33 heavy (non-hydrogen) atoms. The summed E-state index contributed by atoms with van der Waals surface area (Å²) in [6.45, 7) is 5.13. The molecule has 0 saturated carbocycles. The predicted molar refractivity (Wildman–Crippen MR) is 129 cm³/mol. The number of carbonyl (C=O) groups is 1. The Kier molecular flexibility index (Phi) is 5.61. The SMILES string of the molecule is COc1c(C)cnc(CN2N=C3CC(N[C@@H]4CCN(C)C4=O)C4=C3C(=N2)C(N)=NSC4)c1C. The second kappa shape index (κ2) is 8.45. The Hall–Kier alpha value is -2.92. The fraction of sp³-hybridized carbons (Fsp3) is 0.500. The molecule has 1 amide bonds. The van der Waals surface area contributed by atoms with Crippen LogP contribution in [0.25, 0.3) is 0 Å². The van der Waals surface area contributed by atoms with Crippen LogP contribution >= 0.6 is 11.9 Å².